The highest BCUT2D eigenvalue weighted by Crippen LogP contribution is 2.18. The molecule has 1 aromatic rings. The van der Waals surface area contributed by atoms with E-state index in [1.807, 2.05) is 0 Å². The van der Waals surface area contributed by atoms with Gasteiger partial charge in [0.25, 0.3) is 0 Å². The first-order chi connectivity index (χ1) is 7.31. The molecule has 82 valence electrons. The van der Waals surface area contributed by atoms with Gasteiger partial charge in [0.15, 0.2) is 5.69 Å². The van der Waals surface area contributed by atoms with E-state index in [0.29, 0.717) is 6.61 Å². The summed E-state index contributed by atoms with van der Waals surface area (Å²) in [6.45, 7) is 1.43. The summed E-state index contributed by atoms with van der Waals surface area (Å²) in [6.07, 6.45) is 3.62. The van der Waals surface area contributed by atoms with Crippen LogP contribution in [0.4, 0.5) is 0 Å². The third kappa shape index (κ3) is 2.15. The first-order valence-corrected chi connectivity index (χ1v) is 4.89. The zero-order chi connectivity index (χ0) is 10.7. The van der Waals surface area contributed by atoms with Gasteiger partial charge in [-0.3, -0.25) is 0 Å². The van der Waals surface area contributed by atoms with Crippen LogP contribution in [0, 0.1) is 0 Å². The van der Waals surface area contributed by atoms with Crippen LogP contribution >= 0.6 is 0 Å². The van der Waals surface area contributed by atoms with Gasteiger partial charge in [0.2, 0.25) is 0 Å². The van der Waals surface area contributed by atoms with Crippen molar-refractivity contribution < 1.29 is 14.3 Å². The fourth-order valence-corrected chi connectivity index (χ4v) is 1.59. The summed E-state index contributed by atoms with van der Waals surface area (Å²) in [5, 5.41) is 7.64. The lowest BCUT2D eigenvalue weighted by atomic mass is 10.1. The van der Waals surface area contributed by atoms with Gasteiger partial charge in [-0.15, -0.1) is 5.10 Å². The minimum Gasteiger partial charge on any atom is -0.464 e. The normalized spacial score (nSPS) is 21.3. The molecule has 0 aliphatic carbocycles. The van der Waals surface area contributed by atoms with E-state index in [-0.39, 0.29) is 11.7 Å². The summed E-state index contributed by atoms with van der Waals surface area (Å²) in [4.78, 5) is 11.1. The Balaban J connectivity index is 2.08. The summed E-state index contributed by atoms with van der Waals surface area (Å²) in [5.74, 6) is -0.460. The molecule has 2 heterocycles. The van der Waals surface area contributed by atoms with Crippen LogP contribution in [0.25, 0.3) is 0 Å². The fourth-order valence-electron chi connectivity index (χ4n) is 1.59. The van der Waals surface area contributed by atoms with Gasteiger partial charge in [-0.2, -0.15) is 0 Å². The number of rotatable bonds is 2. The van der Waals surface area contributed by atoms with Crippen molar-refractivity contribution in [3.63, 3.8) is 0 Å². The maximum Gasteiger partial charge on any atom is 0.360 e. The number of hydrogen-bond donors (Lipinski definition) is 0. The highest BCUT2D eigenvalue weighted by molar-refractivity contribution is 5.86. The van der Waals surface area contributed by atoms with Gasteiger partial charge in [0.1, 0.15) is 0 Å². The van der Waals surface area contributed by atoms with E-state index < -0.39 is 5.97 Å². The first-order valence-electron chi connectivity index (χ1n) is 4.89. The number of methoxy groups -OCH3 is 1. The number of esters is 1. The summed E-state index contributed by atoms with van der Waals surface area (Å²) >= 11 is 0. The monoisotopic (exact) mass is 211 g/mol. The molecule has 15 heavy (non-hydrogen) atoms. The number of hydrogen-bond acceptors (Lipinski definition) is 5. The Bertz CT molecular complexity index is 344. The molecule has 0 spiro atoms. The molecule has 1 saturated heterocycles. The molecule has 1 unspecified atom stereocenters. The van der Waals surface area contributed by atoms with Crippen LogP contribution in [-0.2, 0) is 9.47 Å². The molecule has 0 N–H and O–H groups in total. The lowest BCUT2D eigenvalue weighted by Gasteiger charge is -2.21. The predicted molar refractivity (Wildman–Crippen MR) is 50.5 cm³/mol. The zero-order valence-corrected chi connectivity index (χ0v) is 8.55. The van der Waals surface area contributed by atoms with E-state index in [9.17, 15) is 4.79 Å². The van der Waals surface area contributed by atoms with Gasteiger partial charge in [0, 0.05) is 6.61 Å². The van der Waals surface area contributed by atoms with Crippen LogP contribution in [-0.4, -0.2) is 41.3 Å². The van der Waals surface area contributed by atoms with E-state index in [4.69, 9.17) is 4.74 Å². The zero-order valence-electron chi connectivity index (χ0n) is 8.55. The minimum atomic E-state index is -0.460. The summed E-state index contributed by atoms with van der Waals surface area (Å²) in [7, 11) is 1.32. The lowest BCUT2D eigenvalue weighted by molar-refractivity contribution is 0.0540. The Morgan fingerprint density at radius 3 is 3.27 bits per heavy atom. The van der Waals surface area contributed by atoms with Crippen LogP contribution in [0.2, 0.25) is 0 Å². The molecule has 6 nitrogen and oxygen atoms in total. The number of carbonyl (C=O) groups excluding carboxylic acids is 1. The van der Waals surface area contributed by atoms with Crippen molar-refractivity contribution in [2.45, 2.75) is 18.9 Å². The van der Waals surface area contributed by atoms with E-state index >= 15 is 0 Å². The van der Waals surface area contributed by atoms with Crippen LogP contribution in [0.3, 0.4) is 0 Å². The summed E-state index contributed by atoms with van der Waals surface area (Å²) < 4.78 is 11.6. The topological polar surface area (TPSA) is 66.2 Å². The van der Waals surface area contributed by atoms with Crippen molar-refractivity contribution in [2.75, 3.05) is 20.3 Å². The highest BCUT2D eigenvalue weighted by atomic mass is 16.5. The van der Waals surface area contributed by atoms with Crippen molar-refractivity contribution in [3.8, 4) is 0 Å². The smallest absolute Gasteiger partial charge is 0.360 e. The molecule has 6 heteroatoms. The molecule has 1 atom stereocenters. The predicted octanol–water partition coefficient (Wildman–Crippen LogP) is 0.416. The van der Waals surface area contributed by atoms with Crippen molar-refractivity contribution in [1.82, 2.24) is 15.0 Å². The van der Waals surface area contributed by atoms with E-state index in [0.717, 1.165) is 19.4 Å². The molecule has 0 saturated carbocycles. The lowest BCUT2D eigenvalue weighted by Crippen LogP contribution is -2.21. The standard InChI is InChI=1S/C9H13N3O3/c1-14-9(13)8-5-12(11-10-8)7-3-2-4-15-6-7/h5,7H,2-4,6H2,1H3. The number of ether oxygens (including phenoxy) is 2. The second-order valence-electron chi connectivity index (χ2n) is 3.45. The van der Waals surface area contributed by atoms with Crippen LogP contribution in [0.1, 0.15) is 29.4 Å². The van der Waals surface area contributed by atoms with E-state index in [1.54, 1.807) is 10.9 Å². The number of carbonyl (C=O) groups is 1. The Morgan fingerprint density at radius 2 is 2.60 bits per heavy atom. The molecule has 1 aliphatic heterocycles. The van der Waals surface area contributed by atoms with E-state index in [1.165, 1.54) is 7.11 Å². The van der Waals surface area contributed by atoms with Crippen molar-refractivity contribution in [2.24, 2.45) is 0 Å². The molecular formula is C9H13N3O3. The van der Waals surface area contributed by atoms with Crippen molar-refractivity contribution >= 4 is 5.97 Å². The van der Waals surface area contributed by atoms with Crippen LogP contribution in [0.5, 0.6) is 0 Å². The van der Waals surface area contributed by atoms with Crippen molar-refractivity contribution in [1.29, 1.82) is 0 Å². The number of nitrogens with zero attached hydrogens (tertiary/aromatic N) is 3. The summed E-state index contributed by atoms with van der Waals surface area (Å²) in [6, 6.07) is 0.185. The Kier molecular flexibility index (Phi) is 2.96. The highest BCUT2D eigenvalue weighted by Gasteiger charge is 2.19. The minimum absolute atomic E-state index is 0.185. The van der Waals surface area contributed by atoms with Gasteiger partial charge in [0.05, 0.1) is 26.0 Å². The maximum absolute atomic E-state index is 11.1. The first kappa shape index (κ1) is 10.1. The van der Waals surface area contributed by atoms with Gasteiger partial charge >= 0.3 is 5.97 Å². The van der Waals surface area contributed by atoms with Crippen LogP contribution < -0.4 is 0 Å². The second-order valence-corrected chi connectivity index (χ2v) is 3.45. The largest absolute Gasteiger partial charge is 0.464 e. The molecule has 0 amide bonds. The molecule has 0 radical (unpaired) electrons. The third-order valence-corrected chi connectivity index (χ3v) is 2.42. The Morgan fingerprint density at radius 1 is 1.73 bits per heavy atom. The molecular weight excluding hydrogens is 198 g/mol. The van der Waals surface area contributed by atoms with Gasteiger partial charge < -0.3 is 9.47 Å². The van der Waals surface area contributed by atoms with Crippen molar-refractivity contribution in [3.05, 3.63) is 11.9 Å². The molecule has 1 fully saturated rings. The molecule has 2 rings (SSSR count). The fraction of sp³-hybridized carbons (Fsp3) is 0.667. The average Bonchev–Trinajstić information content (AvgIpc) is 2.78. The maximum atomic E-state index is 11.1. The average molecular weight is 211 g/mol. The van der Waals surface area contributed by atoms with Gasteiger partial charge in [-0.1, -0.05) is 5.21 Å². The van der Waals surface area contributed by atoms with Gasteiger partial charge in [-0.05, 0) is 12.8 Å². The Hall–Kier alpha value is -1.43. The molecule has 1 aromatic heterocycles. The van der Waals surface area contributed by atoms with E-state index in [2.05, 4.69) is 15.0 Å². The molecule has 1 aliphatic rings. The third-order valence-electron chi connectivity index (χ3n) is 2.42. The Labute approximate surface area is 87.2 Å². The van der Waals surface area contributed by atoms with Gasteiger partial charge in [-0.25, -0.2) is 9.48 Å². The summed E-state index contributed by atoms with van der Waals surface area (Å²) in [5.41, 5.74) is 0.239. The second kappa shape index (κ2) is 4.39. The molecule has 0 bridgehead atoms. The molecule has 0 aromatic carbocycles. The SMILES string of the molecule is COC(=O)c1cn(C2CCCOC2)nn1. The quantitative estimate of drug-likeness (QED) is 0.663. The number of aromatic nitrogens is 3. The van der Waals surface area contributed by atoms with Crippen LogP contribution in [0.15, 0.2) is 6.20 Å².